The van der Waals surface area contributed by atoms with Gasteiger partial charge >= 0.3 is 17.9 Å². The zero-order chi connectivity index (χ0) is 20.8. The third-order valence-electron chi connectivity index (χ3n) is 4.15. The van der Waals surface area contributed by atoms with E-state index in [1.165, 1.54) is 33.2 Å². The molecule has 10 heteroatoms. The van der Waals surface area contributed by atoms with Crippen LogP contribution in [0.2, 0.25) is 0 Å². The molecule has 0 spiro atoms. The highest BCUT2D eigenvalue weighted by atomic mass is 16.7. The van der Waals surface area contributed by atoms with Crippen LogP contribution in [-0.2, 0) is 39.9 Å². The molecule has 0 amide bonds. The number of rotatable bonds is 6. The first kappa shape index (κ1) is 21.6. The third kappa shape index (κ3) is 4.96. The highest BCUT2D eigenvalue weighted by Gasteiger charge is 2.52. The molecule has 1 aromatic rings. The predicted molar refractivity (Wildman–Crippen MR) is 91.7 cm³/mol. The van der Waals surface area contributed by atoms with Crippen LogP contribution < -0.4 is 4.74 Å². The molecule has 1 aliphatic rings. The van der Waals surface area contributed by atoms with Crippen LogP contribution in [0.4, 0.5) is 0 Å². The summed E-state index contributed by atoms with van der Waals surface area (Å²) in [7, 11) is 1.19. The second-order valence-corrected chi connectivity index (χ2v) is 6.18. The molecule has 0 aliphatic carbocycles. The standard InChI is InChI=1S/C18H23NO9/c1-9-14(25-10(2)21)16(26-11(3)22)18(28-15(9)17(23)24-4)27-13-6-5-7-19-12(13)8-20/h5-7,9,14-16,18,20H,8H2,1-4H3/t9-,14-,15-,16+,18+/m0/s1. The normalized spacial score (nSPS) is 26.8. The van der Waals surface area contributed by atoms with Gasteiger partial charge in [-0.3, -0.25) is 14.6 Å². The van der Waals surface area contributed by atoms with Crippen LogP contribution in [0.5, 0.6) is 5.75 Å². The van der Waals surface area contributed by atoms with E-state index in [-0.39, 0.29) is 11.4 Å². The van der Waals surface area contributed by atoms with E-state index in [0.29, 0.717) is 0 Å². The number of pyridine rings is 1. The van der Waals surface area contributed by atoms with Crippen LogP contribution >= 0.6 is 0 Å². The molecular weight excluding hydrogens is 374 g/mol. The number of aliphatic hydroxyl groups excluding tert-OH is 1. The van der Waals surface area contributed by atoms with E-state index in [0.717, 1.165) is 0 Å². The van der Waals surface area contributed by atoms with Crippen molar-refractivity contribution in [2.24, 2.45) is 5.92 Å². The number of methoxy groups -OCH3 is 1. The summed E-state index contributed by atoms with van der Waals surface area (Å²) in [6.07, 6.45) is -3.18. The summed E-state index contributed by atoms with van der Waals surface area (Å²) < 4.78 is 26.8. The summed E-state index contributed by atoms with van der Waals surface area (Å²) in [6, 6.07) is 3.10. The average Bonchev–Trinajstić information content (AvgIpc) is 2.65. The summed E-state index contributed by atoms with van der Waals surface area (Å²) in [5.41, 5.74) is 0.213. The molecule has 154 valence electrons. The Morgan fingerprint density at radius 1 is 1.18 bits per heavy atom. The van der Waals surface area contributed by atoms with Gasteiger partial charge in [0.1, 0.15) is 11.4 Å². The van der Waals surface area contributed by atoms with Crippen LogP contribution in [-0.4, -0.2) is 59.7 Å². The number of ether oxygens (including phenoxy) is 5. The van der Waals surface area contributed by atoms with Crippen LogP contribution in [0.3, 0.4) is 0 Å². The maximum atomic E-state index is 12.2. The summed E-state index contributed by atoms with van der Waals surface area (Å²) in [5.74, 6) is -2.51. The van der Waals surface area contributed by atoms with Crippen LogP contribution in [0.1, 0.15) is 26.5 Å². The lowest BCUT2D eigenvalue weighted by molar-refractivity contribution is -0.266. The molecule has 0 unspecified atom stereocenters. The van der Waals surface area contributed by atoms with Gasteiger partial charge in [-0.05, 0) is 12.1 Å². The van der Waals surface area contributed by atoms with Crippen LogP contribution in [0.25, 0.3) is 0 Å². The van der Waals surface area contributed by atoms with Crippen molar-refractivity contribution in [1.29, 1.82) is 0 Å². The highest BCUT2D eigenvalue weighted by molar-refractivity contribution is 5.75. The highest BCUT2D eigenvalue weighted by Crippen LogP contribution is 2.33. The SMILES string of the molecule is COC(=O)[C@H]1O[C@@H](Oc2cccnc2CO)[C@H](OC(C)=O)[C@@H](OC(C)=O)[C@@H]1C. The van der Waals surface area contributed by atoms with Gasteiger partial charge in [-0.1, -0.05) is 6.92 Å². The Labute approximate surface area is 161 Å². The van der Waals surface area contributed by atoms with Crippen molar-refractivity contribution in [3.8, 4) is 5.75 Å². The van der Waals surface area contributed by atoms with Crippen molar-refractivity contribution in [2.45, 2.75) is 52.0 Å². The summed E-state index contributed by atoms with van der Waals surface area (Å²) in [6.45, 7) is 3.57. The lowest BCUT2D eigenvalue weighted by Crippen LogP contribution is -2.60. The van der Waals surface area contributed by atoms with Gasteiger partial charge in [0.2, 0.25) is 12.4 Å². The molecule has 1 aliphatic heterocycles. The van der Waals surface area contributed by atoms with Gasteiger partial charge in [0.25, 0.3) is 0 Å². The van der Waals surface area contributed by atoms with E-state index in [4.69, 9.17) is 23.7 Å². The number of esters is 3. The molecule has 0 bridgehead atoms. The molecule has 5 atom stereocenters. The average molecular weight is 397 g/mol. The summed E-state index contributed by atoms with van der Waals surface area (Å²) in [5, 5.41) is 9.44. The number of hydrogen-bond donors (Lipinski definition) is 1. The Morgan fingerprint density at radius 3 is 2.39 bits per heavy atom. The molecular formula is C18H23NO9. The zero-order valence-corrected chi connectivity index (χ0v) is 16.0. The van der Waals surface area contributed by atoms with Crippen LogP contribution in [0, 0.1) is 5.92 Å². The molecule has 0 aromatic carbocycles. The first-order valence-electron chi connectivity index (χ1n) is 8.57. The smallest absolute Gasteiger partial charge is 0.335 e. The Balaban J connectivity index is 2.42. The van der Waals surface area contributed by atoms with Gasteiger partial charge in [-0.2, -0.15) is 0 Å². The van der Waals surface area contributed by atoms with Gasteiger partial charge in [0.05, 0.1) is 13.7 Å². The topological polar surface area (TPSA) is 130 Å². The molecule has 2 heterocycles. The molecule has 1 N–H and O–H groups in total. The number of carbonyl (C=O) groups is 3. The Morgan fingerprint density at radius 2 is 1.82 bits per heavy atom. The zero-order valence-electron chi connectivity index (χ0n) is 16.0. The van der Waals surface area contributed by atoms with E-state index < -0.39 is 55.0 Å². The maximum Gasteiger partial charge on any atom is 0.335 e. The summed E-state index contributed by atoms with van der Waals surface area (Å²) in [4.78, 5) is 39.4. The molecule has 2 rings (SSSR count). The Hall–Kier alpha value is -2.72. The van der Waals surface area contributed by atoms with E-state index in [1.54, 1.807) is 13.0 Å². The molecule has 0 saturated carbocycles. The maximum absolute atomic E-state index is 12.2. The first-order chi connectivity index (χ1) is 13.3. The van der Waals surface area contributed by atoms with Gasteiger partial charge in [0.15, 0.2) is 12.2 Å². The van der Waals surface area contributed by atoms with Crippen LogP contribution in [0.15, 0.2) is 18.3 Å². The minimum atomic E-state index is -1.32. The fourth-order valence-electron chi connectivity index (χ4n) is 2.91. The van der Waals surface area contributed by atoms with Crippen molar-refractivity contribution >= 4 is 17.9 Å². The van der Waals surface area contributed by atoms with E-state index in [9.17, 15) is 19.5 Å². The third-order valence-corrected chi connectivity index (χ3v) is 4.15. The van der Waals surface area contributed by atoms with Crippen molar-refractivity contribution < 1.29 is 43.2 Å². The summed E-state index contributed by atoms with van der Waals surface area (Å²) >= 11 is 0. The molecule has 1 aromatic heterocycles. The molecule has 0 radical (unpaired) electrons. The fraction of sp³-hybridized carbons (Fsp3) is 0.556. The number of hydrogen-bond acceptors (Lipinski definition) is 10. The second kappa shape index (κ2) is 9.47. The second-order valence-electron chi connectivity index (χ2n) is 6.18. The van der Waals surface area contributed by atoms with Crippen molar-refractivity contribution in [2.75, 3.05) is 7.11 Å². The Bertz CT molecular complexity index is 723. The molecule has 1 saturated heterocycles. The largest absolute Gasteiger partial charge is 0.467 e. The minimum absolute atomic E-state index is 0.159. The van der Waals surface area contributed by atoms with Gasteiger partial charge in [-0.25, -0.2) is 4.79 Å². The number of aromatic nitrogens is 1. The predicted octanol–water partition coefficient (Wildman–Crippen LogP) is 0.350. The van der Waals surface area contributed by atoms with E-state index in [1.807, 2.05) is 0 Å². The lowest BCUT2D eigenvalue weighted by Gasteiger charge is -2.42. The fourth-order valence-corrected chi connectivity index (χ4v) is 2.91. The number of carbonyl (C=O) groups excluding carboxylic acids is 3. The lowest BCUT2D eigenvalue weighted by atomic mass is 9.90. The first-order valence-corrected chi connectivity index (χ1v) is 8.57. The van der Waals surface area contributed by atoms with Gasteiger partial charge in [-0.15, -0.1) is 0 Å². The number of nitrogens with zero attached hydrogens (tertiary/aromatic N) is 1. The monoisotopic (exact) mass is 397 g/mol. The van der Waals surface area contributed by atoms with Gasteiger partial charge < -0.3 is 28.8 Å². The van der Waals surface area contributed by atoms with E-state index >= 15 is 0 Å². The van der Waals surface area contributed by atoms with Gasteiger partial charge in [0, 0.05) is 26.0 Å². The number of aliphatic hydroxyl groups is 1. The Kier molecular flexibility index (Phi) is 7.30. The molecule has 28 heavy (non-hydrogen) atoms. The quantitative estimate of drug-likeness (QED) is 0.530. The van der Waals surface area contributed by atoms with E-state index in [2.05, 4.69) is 4.98 Å². The minimum Gasteiger partial charge on any atom is -0.467 e. The van der Waals surface area contributed by atoms with Crippen molar-refractivity contribution in [3.63, 3.8) is 0 Å². The van der Waals surface area contributed by atoms with Crippen molar-refractivity contribution in [1.82, 2.24) is 4.98 Å². The van der Waals surface area contributed by atoms with Crippen molar-refractivity contribution in [3.05, 3.63) is 24.0 Å². The molecule has 1 fully saturated rings. The molecule has 10 nitrogen and oxygen atoms in total.